The van der Waals surface area contributed by atoms with Gasteiger partial charge in [0.1, 0.15) is 6.04 Å². The van der Waals surface area contributed by atoms with E-state index in [-0.39, 0.29) is 43.8 Å². The predicted molar refractivity (Wildman–Crippen MR) is 152 cm³/mol. The molecule has 0 aliphatic rings. The second kappa shape index (κ2) is 13.7. The van der Waals surface area contributed by atoms with Crippen molar-refractivity contribution in [3.8, 4) is 0 Å². The minimum atomic E-state index is -3.63. The molecule has 7 nitrogen and oxygen atoms in total. The highest BCUT2D eigenvalue weighted by atomic mass is 35.5. The van der Waals surface area contributed by atoms with Crippen molar-refractivity contribution in [1.82, 2.24) is 10.2 Å². The number of carbonyl (C=O) groups is 2. The van der Waals surface area contributed by atoms with E-state index in [1.807, 2.05) is 20.8 Å². The molecule has 2 rings (SSSR count). The van der Waals surface area contributed by atoms with E-state index in [2.05, 4.69) is 5.32 Å². The highest BCUT2D eigenvalue weighted by Gasteiger charge is 2.30. The molecule has 0 fully saturated rings. The number of amides is 2. The number of hydrogen-bond donors (Lipinski definition) is 1. The molecule has 0 saturated carbocycles. The lowest BCUT2D eigenvalue weighted by molar-refractivity contribution is -0.141. The van der Waals surface area contributed by atoms with Gasteiger partial charge in [0, 0.05) is 40.6 Å². The van der Waals surface area contributed by atoms with Crippen molar-refractivity contribution in [1.29, 1.82) is 0 Å². The molecule has 0 saturated heterocycles. The fourth-order valence-corrected chi connectivity index (χ4v) is 5.62. The number of rotatable bonds is 12. The van der Waals surface area contributed by atoms with Crippen LogP contribution in [0.25, 0.3) is 0 Å². The Morgan fingerprint density at radius 3 is 2.22 bits per heavy atom. The highest BCUT2D eigenvalue weighted by molar-refractivity contribution is 7.92. The summed E-state index contributed by atoms with van der Waals surface area (Å²) in [6, 6.07) is 9.22. The molecule has 37 heavy (non-hydrogen) atoms. The Labute approximate surface area is 235 Å². The first kappa shape index (κ1) is 31.2. The Kier molecular flexibility index (Phi) is 11.6. The van der Waals surface area contributed by atoms with Crippen LogP contribution >= 0.6 is 34.8 Å². The van der Waals surface area contributed by atoms with Gasteiger partial charge in [-0.05, 0) is 69.0 Å². The SMILES string of the molecule is CC[C@H](C(=O)NC(C)C)N(Cc1ccc(Cl)cc1Cl)C(=O)CCCN(c1cc(Cl)ccc1C)S(C)(=O)=O. The van der Waals surface area contributed by atoms with E-state index in [9.17, 15) is 18.0 Å². The van der Waals surface area contributed by atoms with Crippen molar-refractivity contribution >= 4 is 62.3 Å². The standard InChI is InChI=1S/C26H34Cl3N3O4S/c1-6-23(26(34)30-17(2)3)31(16-19-10-12-20(27)14-22(19)29)25(33)8-7-13-32(37(5,35)36)24-15-21(28)11-9-18(24)4/h9-12,14-15,17,23H,6-8,13,16H2,1-5H3,(H,30,34)/t23-/m1/s1. The third-order valence-corrected chi connectivity index (χ3v) is 7.77. The van der Waals surface area contributed by atoms with Gasteiger partial charge in [0.05, 0.1) is 11.9 Å². The summed E-state index contributed by atoms with van der Waals surface area (Å²) in [5.41, 5.74) is 1.87. The van der Waals surface area contributed by atoms with Gasteiger partial charge in [-0.15, -0.1) is 0 Å². The van der Waals surface area contributed by atoms with Crippen molar-refractivity contribution < 1.29 is 18.0 Å². The molecule has 1 N–H and O–H groups in total. The van der Waals surface area contributed by atoms with Gasteiger partial charge in [0.2, 0.25) is 21.8 Å². The van der Waals surface area contributed by atoms with Gasteiger partial charge in [-0.2, -0.15) is 0 Å². The first-order valence-electron chi connectivity index (χ1n) is 12.0. The first-order chi connectivity index (χ1) is 17.2. The molecular weight excluding hydrogens is 557 g/mol. The minimum Gasteiger partial charge on any atom is -0.352 e. The van der Waals surface area contributed by atoms with Crippen molar-refractivity contribution in [3.05, 3.63) is 62.6 Å². The lowest BCUT2D eigenvalue weighted by Gasteiger charge is -2.32. The van der Waals surface area contributed by atoms with Crippen molar-refractivity contribution in [2.24, 2.45) is 0 Å². The Bertz CT molecular complexity index is 1220. The molecule has 0 aliphatic carbocycles. The Hall–Kier alpha value is -2.00. The number of carbonyl (C=O) groups excluding carboxylic acids is 2. The van der Waals surface area contributed by atoms with Crippen LogP contribution in [0.5, 0.6) is 0 Å². The summed E-state index contributed by atoms with van der Waals surface area (Å²) in [6.45, 7) is 7.53. The van der Waals surface area contributed by atoms with Gasteiger partial charge in [0.15, 0.2) is 0 Å². The van der Waals surface area contributed by atoms with E-state index in [1.54, 1.807) is 43.3 Å². The molecule has 0 heterocycles. The van der Waals surface area contributed by atoms with E-state index in [1.165, 1.54) is 9.21 Å². The summed E-state index contributed by atoms with van der Waals surface area (Å²) in [7, 11) is -3.63. The van der Waals surface area contributed by atoms with Crippen LogP contribution in [0.3, 0.4) is 0 Å². The maximum atomic E-state index is 13.5. The van der Waals surface area contributed by atoms with Gasteiger partial charge >= 0.3 is 0 Å². The zero-order chi connectivity index (χ0) is 27.9. The number of benzene rings is 2. The molecule has 0 radical (unpaired) electrons. The van der Waals surface area contributed by atoms with E-state index in [0.717, 1.165) is 11.8 Å². The molecule has 204 valence electrons. The molecular formula is C26H34Cl3N3O4S. The van der Waals surface area contributed by atoms with Gasteiger partial charge in [-0.1, -0.05) is 53.9 Å². The molecule has 1 atom stereocenters. The third kappa shape index (κ3) is 9.06. The smallest absolute Gasteiger partial charge is 0.243 e. The number of anilines is 1. The van der Waals surface area contributed by atoms with Crippen LogP contribution in [-0.4, -0.2) is 50.0 Å². The number of nitrogens with one attached hydrogen (secondary N) is 1. The zero-order valence-corrected chi connectivity index (χ0v) is 24.8. The van der Waals surface area contributed by atoms with E-state index in [0.29, 0.717) is 32.7 Å². The molecule has 2 aromatic carbocycles. The number of sulfonamides is 1. The monoisotopic (exact) mass is 589 g/mol. The van der Waals surface area contributed by atoms with Gasteiger partial charge in [-0.25, -0.2) is 8.42 Å². The van der Waals surface area contributed by atoms with Gasteiger partial charge in [-0.3, -0.25) is 13.9 Å². The first-order valence-corrected chi connectivity index (χ1v) is 15.0. The lowest BCUT2D eigenvalue weighted by atomic mass is 10.1. The average molecular weight is 591 g/mol. The largest absolute Gasteiger partial charge is 0.352 e. The molecule has 0 unspecified atom stereocenters. The highest BCUT2D eigenvalue weighted by Crippen LogP contribution is 2.27. The number of hydrogen-bond acceptors (Lipinski definition) is 4. The molecule has 0 aromatic heterocycles. The van der Waals surface area contributed by atoms with Crippen LogP contribution in [0, 0.1) is 6.92 Å². The number of aryl methyl sites for hydroxylation is 1. The normalized spacial score (nSPS) is 12.4. The fraction of sp³-hybridized carbons (Fsp3) is 0.462. The fourth-order valence-electron chi connectivity index (χ4n) is 3.97. The minimum absolute atomic E-state index is 0.0301. The summed E-state index contributed by atoms with van der Waals surface area (Å²) < 4.78 is 26.4. The molecule has 0 bridgehead atoms. The molecule has 0 spiro atoms. The van der Waals surface area contributed by atoms with E-state index >= 15 is 0 Å². The topological polar surface area (TPSA) is 86.8 Å². The van der Waals surface area contributed by atoms with E-state index < -0.39 is 16.1 Å². The average Bonchev–Trinajstić information content (AvgIpc) is 2.78. The lowest BCUT2D eigenvalue weighted by Crippen LogP contribution is -2.50. The number of nitrogens with zero attached hydrogens (tertiary/aromatic N) is 2. The van der Waals surface area contributed by atoms with E-state index in [4.69, 9.17) is 34.8 Å². The maximum absolute atomic E-state index is 13.5. The van der Waals surface area contributed by atoms with Crippen molar-refractivity contribution in [2.45, 2.75) is 65.6 Å². The predicted octanol–water partition coefficient (Wildman–Crippen LogP) is 5.83. The molecule has 2 amide bonds. The molecule has 11 heteroatoms. The molecule has 2 aromatic rings. The summed E-state index contributed by atoms with van der Waals surface area (Å²) in [6.07, 6.45) is 1.79. The molecule has 0 aliphatic heterocycles. The second-order valence-corrected chi connectivity index (χ2v) is 12.4. The maximum Gasteiger partial charge on any atom is 0.243 e. The van der Waals surface area contributed by atoms with Crippen LogP contribution in [0.4, 0.5) is 5.69 Å². The Morgan fingerprint density at radius 1 is 1.03 bits per heavy atom. The van der Waals surface area contributed by atoms with Crippen LogP contribution in [0.2, 0.25) is 15.1 Å². The summed E-state index contributed by atoms with van der Waals surface area (Å²) in [4.78, 5) is 28.0. The summed E-state index contributed by atoms with van der Waals surface area (Å²) >= 11 is 18.5. The Balaban J connectivity index is 2.29. The Morgan fingerprint density at radius 2 is 1.65 bits per heavy atom. The second-order valence-electron chi connectivity index (χ2n) is 9.21. The van der Waals surface area contributed by atoms with Crippen LogP contribution in [-0.2, 0) is 26.2 Å². The number of halogens is 3. The van der Waals surface area contributed by atoms with Crippen molar-refractivity contribution in [3.63, 3.8) is 0 Å². The van der Waals surface area contributed by atoms with Gasteiger partial charge in [0.25, 0.3) is 0 Å². The zero-order valence-electron chi connectivity index (χ0n) is 21.7. The summed E-state index contributed by atoms with van der Waals surface area (Å²) in [5, 5.41) is 4.15. The van der Waals surface area contributed by atoms with Crippen LogP contribution in [0.15, 0.2) is 36.4 Å². The third-order valence-electron chi connectivity index (χ3n) is 5.76. The van der Waals surface area contributed by atoms with Crippen molar-refractivity contribution in [2.75, 3.05) is 17.1 Å². The van der Waals surface area contributed by atoms with Gasteiger partial charge < -0.3 is 10.2 Å². The van der Waals surface area contributed by atoms with Crippen LogP contribution < -0.4 is 9.62 Å². The van der Waals surface area contributed by atoms with Crippen LogP contribution in [0.1, 0.15) is 51.2 Å². The quantitative estimate of drug-likeness (QED) is 0.337. The summed E-state index contributed by atoms with van der Waals surface area (Å²) in [5.74, 6) is -0.545.